The van der Waals surface area contributed by atoms with E-state index in [0.717, 1.165) is 22.4 Å². The van der Waals surface area contributed by atoms with Gasteiger partial charge in [0.1, 0.15) is 6.61 Å². The number of nitrogens with zero attached hydrogens (tertiary/aromatic N) is 3. The van der Waals surface area contributed by atoms with Gasteiger partial charge in [0.25, 0.3) is 11.5 Å². The zero-order valence-electron chi connectivity index (χ0n) is 22.6. The van der Waals surface area contributed by atoms with Gasteiger partial charge in [0.2, 0.25) is 0 Å². The van der Waals surface area contributed by atoms with Crippen LogP contribution in [0.5, 0.6) is 11.5 Å². The van der Waals surface area contributed by atoms with E-state index in [1.54, 1.807) is 35.9 Å². The summed E-state index contributed by atoms with van der Waals surface area (Å²) in [5, 5.41) is 5.04. The van der Waals surface area contributed by atoms with Crippen molar-refractivity contribution in [2.24, 2.45) is 5.10 Å². The first-order valence-corrected chi connectivity index (χ1v) is 13.9. The first-order valence-electron chi connectivity index (χ1n) is 12.9. The third kappa shape index (κ3) is 6.64. The number of aromatic nitrogens is 2. The van der Waals surface area contributed by atoms with Gasteiger partial charge in [0.05, 0.1) is 35.7 Å². The quantitative estimate of drug-likeness (QED) is 0.104. The minimum Gasteiger partial charge on any atom is -0.493 e. The Bertz CT molecular complexity index is 1770. The summed E-state index contributed by atoms with van der Waals surface area (Å²) in [6.45, 7) is 2.35. The fourth-order valence-electron chi connectivity index (χ4n) is 4.20. The maximum absolute atomic E-state index is 13.4. The van der Waals surface area contributed by atoms with Crippen LogP contribution in [0.2, 0.25) is 0 Å². The molecule has 0 spiro atoms. The number of thioether (sulfide) groups is 1. The molecule has 0 aliphatic carbocycles. The van der Waals surface area contributed by atoms with Crippen molar-refractivity contribution in [2.75, 3.05) is 12.9 Å². The molecule has 41 heavy (non-hydrogen) atoms. The van der Waals surface area contributed by atoms with Crippen LogP contribution in [0.1, 0.15) is 16.7 Å². The number of benzene rings is 4. The number of amides is 1. The summed E-state index contributed by atoms with van der Waals surface area (Å²) in [5.41, 5.74) is 6.37. The van der Waals surface area contributed by atoms with E-state index in [2.05, 4.69) is 10.5 Å². The SMILES string of the molecule is COc1cc(/C=N\NC(=O)CSc2nc3ccccc3c(=O)n2-c2ccccc2C)ccc1OCc1ccccc1. The summed E-state index contributed by atoms with van der Waals surface area (Å²) in [4.78, 5) is 30.8. The molecule has 5 rings (SSSR count). The molecule has 0 fully saturated rings. The molecule has 0 saturated heterocycles. The van der Waals surface area contributed by atoms with E-state index in [9.17, 15) is 9.59 Å². The van der Waals surface area contributed by atoms with E-state index in [0.29, 0.717) is 34.2 Å². The molecule has 0 unspecified atom stereocenters. The number of carbonyl (C=O) groups excluding carboxylic acids is 1. The molecule has 9 heteroatoms. The predicted molar refractivity (Wildman–Crippen MR) is 162 cm³/mol. The number of hydrogen-bond donors (Lipinski definition) is 1. The van der Waals surface area contributed by atoms with Crippen molar-refractivity contribution in [1.29, 1.82) is 0 Å². The molecule has 206 valence electrons. The lowest BCUT2D eigenvalue weighted by atomic mass is 10.2. The Hall–Kier alpha value is -4.89. The maximum Gasteiger partial charge on any atom is 0.266 e. The minimum absolute atomic E-state index is 0.0174. The summed E-state index contributed by atoms with van der Waals surface area (Å²) in [7, 11) is 1.57. The zero-order valence-corrected chi connectivity index (χ0v) is 23.4. The zero-order chi connectivity index (χ0) is 28.6. The van der Waals surface area contributed by atoms with Crippen LogP contribution in [-0.2, 0) is 11.4 Å². The molecule has 1 aromatic heterocycles. The van der Waals surface area contributed by atoms with Crippen molar-refractivity contribution in [3.63, 3.8) is 0 Å². The average molecular weight is 565 g/mol. The van der Waals surface area contributed by atoms with Gasteiger partial charge >= 0.3 is 0 Å². The Labute approximate surface area is 241 Å². The van der Waals surface area contributed by atoms with Crippen LogP contribution in [0, 0.1) is 6.92 Å². The van der Waals surface area contributed by atoms with Gasteiger partial charge in [-0.1, -0.05) is 72.4 Å². The van der Waals surface area contributed by atoms with Crippen LogP contribution in [0.15, 0.2) is 112 Å². The number of nitrogens with one attached hydrogen (secondary N) is 1. The fraction of sp³-hybridized carbons (Fsp3) is 0.125. The average Bonchev–Trinajstić information content (AvgIpc) is 3.00. The molecular weight excluding hydrogens is 536 g/mol. The molecule has 0 aliphatic heterocycles. The number of ether oxygens (including phenoxy) is 2. The number of para-hydroxylation sites is 2. The normalized spacial score (nSPS) is 11.1. The monoisotopic (exact) mass is 564 g/mol. The molecule has 8 nitrogen and oxygen atoms in total. The molecule has 0 atom stereocenters. The Morgan fingerprint density at radius 3 is 2.54 bits per heavy atom. The standard InChI is InChI=1S/C32H28N4O4S/c1-22-10-6-9-15-27(22)36-31(38)25-13-7-8-14-26(25)34-32(36)41-21-30(37)35-33-19-24-16-17-28(29(18-24)39-2)40-20-23-11-4-3-5-12-23/h3-19H,20-21H2,1-2H3,(H,35,37)/b33-19-. The molecule has 0 aliphatic rings. The van der Waals surface area contributed by atoms with E-state index in [4.69, 9.17) is 14.5 Å². The van der Waals surface area contributed by atoms with Crippen molar-refractivity contribution in [3.05, 3.63) is 124 Å². The van der Waals surface area contributed by atoms with E-state index in [1.165, 1.54) is 18.0 Å². The number of carbonyl (C=O) groups is 1. The first-order chi connectivity index (χ1) is 20.0. The summed E-state index contributed by atoms with van der Waals surface area (Å²) in [6, 6.07) is 30.1. The number of hydrazone groups is 1. The molecule has 0 bridgehead atoms. The van der Waals surface area contributed by atoms with E-state index in [-0.39, 0.29) is 17.2 Å². The third-order valence-corrected chi connectivity index (χ3v) is 7.20. The second-order valence-corrected chi connectivity index (χ2v) is 10.0. The molecule has 4 aromatic carbocycles. The molecule has 1 heterocycles. The van der Waals surface area contributed by atoms with Crippen molar-refractivity contribution in [2.45, 2.75) is 18.7 Å². The van der Waals surface area contributed by atoms with Gasteiger partial charge in [0, 0.05) is 0 Å². The van der Waals surface area contributed by atoms with Gasteiger partial charge < -0.3 is 9.47 Å². The highest BCUT2D eigenvalue weighted by Crippen LogP contribution is 2.28. The largest absolute Gasteiger partial charge is 0.493 e. The number of methoxy groups -OCH3 is 1. The number of hydrogen-bond acceptors (Lipinski definition) is 7. The smallest absolute Gasteiger partial charge is 0.266 e. The second-order valence-electron chi connectivity index (χ2n) is 9.11. The Kier molecular flexibility index (Phi) is 8.76. The Morgan fingerprint density at radius 2 is 1.73 bits per heavy atom. The maximum atomic E-state index is 13.4. The van der Waals surface area contributed by atoms with Crippen molar-refractivity contribution >= 4 is 34.8 Å². The van der Waals surface area contributed by atoms with E-state index in [1.807, 2.05) is 79.7 Å². The molecule has 0 saturated carbocycles. The van der Waals surface area contributed by atoms with E-state index < -0.39 is 0 Å². The highest BCUT2D eigenvalue weighted by Gasteiger charge is 2.16. The van der Waals surface area contributed by atoms with Crippen LogP contribution in [0.4, 0.5) is 0 Å². The van der Waals surface area contributed by atoms with Crippen molar-refractivity contribution in [1.82, 2.24) is 15.0 Å². The topological polar surface area (TPSA) is 94.8 Å². The fourth-order valence-corrected chi connectivity index (χ4v) is 4.99. The molecule has 1 N–H and O–H groups in total. The Balaban J connectivity index is 1.26. The van der Waals surface area contributed by atoms with Gasteiger partial charge in [-0.15, -0.1) is 0 Å². The van der Waals surface area contributed by atoms with Crippen LogP contribution >= 0.6 is 11.8 Å². The predicted octanol–water partition coefficient (Wildman–Crippen LogP) is 5.52. The van der Waals surface area contributed by atoms with Crippen molar-refractivity contribution < 1.29 is 14.3 Å². The van der Waals surface area contributed by atoms with Gasteiger partial charge in [-0.2, -0.15) is 5.10 Å². The molecule has 0 radical (unpaired) electrons. The highest BCUT2D eigenvalue weighted by atomic mass is 32.2. The van der Waals surface area contributed by atoms with E-state index >= 15 is 0 Å². The van der Waals surface area contributed by atoms with Crippen LogP contribution in [0.3, 0.4) is 0 Å². The minimum atomic E-state index is -0.334. The number of rotatable bonds is 10. The Morgan fingerprint density at radius 1 is 0.976 bits per heavy atom. The molecule has 1 amide bonds. The molecule has 5 aromatic rings. The summed E-state index contributed by atoms with van der Waals surface area (Å²) in [5.74, 6) is 0.850. The lowest BCUT2D eigenvalue weighted by Gasteiger charge is -2.14. The van der Waals surface area contributed by atoms with Crippen LogP contribution < -0.4 is 20.5 Å². The highest BCUT2D eigenvalue weighted by molar-refractivity contribution is 7.99. The first kappa shape index (κ1) is 27.7. The third-order valence-electron chi connectivity index (χ3n) is 6.26. The number of aryl methyl sites for hydroxylation is 1. The lowest BCUT2D eigenvalue weighted by molar-refractivity contribution is -0.118. The lowest BCUT2D eigenvalue weighted by Crippen LogP contribution is -2.24. The summed E-state index contributed by atoms with van der Waals surface area (Å²) >= 11 is 1.17. The molecular formula is C32H28N4O4S. The van der Waals surface area contributed by atoms with Gasteiger partial charge in [-0.3, -0.25) is 14.2 Å². The van der Waals surface area contributed by atoms with Gasteiger partial charge in [-0.05, 0) is 60.0 Å². The second kappa shape index (κ2) is 13.0. The van der Waals surface area contributed by atoms with Crippen molar-refractivity contribution in [3.8, 4) is 17.2 Å². The van der Waals surface area contributed by atoms with Crippen LogP contribution in [0.25, 0.3) is 16.6 Å². The number of fused-ring (bicyclic) bond motifs is 1. The summed E-state index contributed by atoms with van der Waals surface area (Å²) < 4.78 is 12.9. The van der Waals surface area contributed by atoms with Gasteiger partial charge in [-0.25, -0.2) is 10.4 Å². The van der Waals surface area contributed by atoms with Crippen LogP contribution in [-0.4, -0.2) is 34.5 Å². The summed E-state index contributed by atoms with van der Waals surface area (Å²) in [6.07, 6.45) is 1.53. The van der Waals surface area contributed by atoms with Gasteiger partial charge in [0.15, 0.2) is 16.7 Å².